The van der Waals surface area contributed by atoms with E-state index >= 15 is 0 Å². The predicted molar refractivity (Wildman–Crippen MR) is 137 cm³/mol. The molecule has 1 saturated carbocycles. The molecule has 3 fully saturated rings. The number of aliphatic hydroxyl groups is 1. The Morgan fingerprint density at radius 1 is 1.00 bits per heavy atom. The van der Waals surface area contributed by atoms with Crippen LogP contribution in [0.25, 0.3) is 11.1 Å². The summed E-state index contributed by atoms with van der Waals surface area (Å²) in [5.74, 6) is 0.0421. The van der Waals surface area contributed by atoms with Gasteiger partial charge in [-0.15, -0.1) is 0 Å². The first kappa shape index (κ1) is 24.5. The summed E-state index contributed by atoms with van der Waals surface area (Å²) in [5.41, 5.74) is 3.65. The minimum atomic E-state index is -0.263. The maximum atomic E-state index is 13.2. The van der Waals surface area contributed by atoms with Crippen LogP contribution in [-0.4, -0.2) is 83.4 Å². The third kappa shape index (κ3) is 4.41. The molecule has 2 saturated heterocycles. The average Bonchev–Trinajstić information content (AvgIpc) is 2.89. The minimum absolute atomic E-state index is 0.0170. The summed E-state index contributed by atoms with van der Waals surface area (Å²) in [6.45, 7) is 0.550. The van der Waals surface area contributed by atoms with Crippen molar-refractivity contribution in [2.75, 3.05) is 33.8 Å². The zero-order valence-corrected chi connectivity index (χ0v) is 21.1. The number of amides is 3. The van der Waals surface area contributed by atoms with E-state index in [4.69, 9.17) is 0 Å². The second-order valence-electron chi connectivity index (χ2n) is 10.6. The standard InChI is InChI=1S/C29H35N3O4/c1-30(2)28(35)23-10-6-9-22(15-23)19-11-13-20(14-12-19)27-24-16-31(17-26(34)32(24)25(27)18-33)29(36)21-7-4-3-5-8-21/h6,9-15,21,24-25,27,33H,3-5,7-8,16-18H2,1-2H3/t24-,25+,27+/m1/s1. The Morgan fingerprint density at radius 3 is 2.39 bits per heavy atom. The molecular weight excluding hydrogens is 454 g/mol. The molecule has 2 aromatic rings. The van der Waals surface area contributed by atoms with Crippen LogP contribution < -0.4 is 0 Å². The molecule has 3 atom stereocenters. The number of rotatable bonds is 5. The van der Waals surface area contributed by atoms with Gasteiger partial charge in [0.15, 0.2) is 0 Å². The number of hydrogen-bond acceptors (Lipinski definition) is 4. The number of carbonyl (C=O) groups excluding carboxylic acids is 3. The lowest BCUT2D eigenvalue weighted by atomic mass is 9.73. The highest BCUT2D eigenvalue weighted by Gasteiger charge is 2.54. The van der Waals surface area contributed by atoms with Gasteiger partial charge in [0.2, 0.25) is 11.8 Å². The van der Waals surface area contributed by atoms with Gasteiger partial charge in [0, 0.05) is 38.0 Å². The molecule has 0 radical (unpaired) electrons. The maximum Gasteiger partial charge on any atom is 0.253 e. The fourth-order valence-electron chi connectivity index (χ4n) is 6.26. The van der Waals surface area contributed by atoms with Gasteiger partial charge in [-0.2, -0.15) is 0 Å². The van der Waals surface area contributed by atoms with Gasteiger partial charge in [-0.05, 0) is 41.7 Å². The fraction of sp³-hybridized carbons (Fsp3) is 0.483. The lowest BCUT2D eigenvalue weighted by molar-refractivity contribution is -0.168. The quantitative estimate of drug-likeness (QED) is 0.700. The van der Waals surface area contributed by atoms with Crippen molar-refractivity contribution < 1.29 is 19.5 Å². The van der Waals surface area contributed by atoms with Crippen LogP contribution in [0.15, 0.2) is 48.5 Å². The number of piperazine rings is 1. The van der Waals surface area contributed by atoms with Gasteiger partial charge >= 0.3 is 0 Å². The highest BCUT2D eigenvalue weighted by molar-refractivity contribution is 5.95. The van der Waals surface area contributed by atoms with E-state index in [-0.39, 0.29) is 54.8 Å². The first-order valence-corrected chi connectivity index (χ1v) is 13.0. The Balaban J connectivity index is 1.34. The minimum Gasteiger partial charge on any atom is -0.394 e. The van der Waals surface area contributed by atoms with Gasteiger partial charge < -0.3 is 19.8 Å². The van der Waals surface area contributed by atoms with Crippen LogP contribution in [0.4, 0.5) is 0 Å². The highest BCUT2D eigenvalue weighted by atomic mass is 16.3. The Kier molecular flexibility index (Phi) is 6.84. The van der Waals surface area contributed by atoms with Crippen molar-refractivity contribution in [3.63, 3.8) is 0 Å². The van der Waals surface area contributed by atoms with Crippen molar-refractivity contribution in [3.8, 4) is 11.1 Å². The third-order valence-corrected chi connectivity index (χ3v) is 8.16. The molecule has 36 heavy (non-hydrogen) atoms. The number of aliphatic hydroxyl groups excluding tert-OH is 1. The van der Waals surface area contributed by atoms with Crippen molar-refractivity contribution in [2.45, 2.75) is 50.1 Å². The summed E-state index contributed by atoms with van der Waals surface area (Å²) < 4.78 is 0. The number of fused-ring (bicyclic) bond motifs is 1. The zero-order chi connectivity index (χ0) is 25.4. The lowest BCUT2D eigenvalue weighted by Gasteiger charge is -2.59. The predicted octanol–water partition coefficient (Wildman–Crippen LogP) is 3.13. The van der Waals surface area contributed by atoms with Crippen LogP contribution >= 0.6 is 0 Å². The van der Waals surface area contributed by atoms with Crippen LogP contribution in [-0.2, 0) is 9.59 Å². The third-order valence-electron chi connectivity index (χ3n) is 8.16. The van der Waals surface area contributed by atoms with E-state index in [1.54, 1.807) is 28.8 Å². The molecule has 2 aromatic carbocycles. The second-order valence-corrected chi connectivity index (χ2v) is 10.6. The molecule has 0 aromatic heterocycles. The molecule has 190 valence electrons. The van der Waals surface area contributed by atoms with Gasteiger partial charge in [-0.3, -0.25) is 14.4 Å². The number of nitrogens with zero attached hydrogens (tertiary/aromatic N) is 3. The van der Waals surface area contributed by atoms with Gasteiger partial charge in [0.25, 0.3) is 5.91 Å². The normalized spacial score (nSPS) is 24.2. The summed E-state index contributed by atoms with van der Waals surface area (Å²) in [6, 6.07) is 15.4. The molecule has 2 heterocycles. The van der Waals surface area contributed by atoms with Crippen LogP contribution in [0.2, 0.25) is 0 Å². The highest BCUT2D eigenvalue weighted by Crippen LogP contribution is 2.43. The van der Waals surface area contributed by atoms with E-state index in [1.807, 2.05) is 48.5 Å². The second kappa shape index (κ2) is 10.1. The van der Waals surface area contributed by atoms with Crippen molar-refractivity contribution >= 4 is 17.7 Å². The van der Waals surface area contributed by atoms with Crippen molar-refractivity contribution in [2.24, 2.45) is 5.92 Å². The average molecular weight is 490 g/mol. The molecule has 1 aliphatic carbocycles. The van der Waals surface area contributed by atoms with Gasteiger partial charge in [0.1, 0.15) is 0 Å². The molecule has 5 rings (SSSR count). The molecular formula is C29H35N3O4. The largest absolute Gasteiger partial charge is 0.394 e. The van der Waals surface area contributed by atoms with E-state index < -0.39 is 0 Å². The fourth-order valence-corrected chi connectivity index (χ4v) is 6.26. The monoisotopic (exact) mass is 489 g/mol. The molecule has 0 spiro atoms. The Hall–Kier alpha value is -3.19. The molecule has 7 nitrogen and oxygen atoms in total. The van der Waals surface area contributed by atoms with E-state index in [1.165, 1.54) is 6.42 Å². The smallest absolute Gasteiger partial charge is 0.253 e. The molecule has 0 bridgehead atoms. The summed E-state index contributed by atoms with van der Waals surface area (Å²) in [5, 5.41) is 10.1. The van der Waals surface area contributed by atoms with Crippen molar-refractivity contribution in [3.05, 3.63) is 59.7 Å². The Labute approximate surface area is 212 Å². The topological polar surface area (TPSA) is 81.2 Å². The number of benzene rings is 2. The summed E-state index contributed by atoms with van der Waals surface area (Å²) >= 11 is 0. The summed E-state index contributed by atoms with van der Waals surface area (Å²) in [7, 11) is 3.48. The molecule has 0 unspecified atom stereocenters. The lowest BCUT2D eigenvalue weighted by Crippen LogP contribution is -2.73. The van der Waals surface area contributed by atoms with E-state index in [9.17, 15) is 19.5 Å². The van der Waals surface area contributed by atoms with E-state index in [0.717, 1.165) is 42.4 Å². The van der Waals surface area contributed by atoms with Crippen molar-refractivity contribution in [1.29, 1.82) is 0 Å². The van der Waals surface area contributed by atoms with Gasteiger partial charge in [-0.1, -0.05) is 55.7 Å². The molecule has 3 amide bonds. The van der Waals surface area contributed by atoms with Crippen LogP contribution in [0.1, 0.15) is 53.9 Å². The van der Waals surface area contributed by atoms with E-state index in [2.05, 4.69) is 0 Å². The molecule has 7 heteroatoms. The molecule has 1 N–H and O–H groups in total. The van der Waals surface area contributed by atoms with Crippen LogP contribution in [0.5, 0.6) is 0 Å². The maximum absolute atomic E-state index is 13.2. The van der Waals surface area contributed by atoms with Gasteiger partial charge in [-0.25, -0.2) is 0 Å². The molecule has 2 aliphatic heterocycles. The van der Waals surface area contributed by atoms with Crippen molar-refractivity contribution in [1.82, 2.24) is 14.7 Å². The van der Waals surface area contributed by atoms with Crippen LogP contribution in [0, 0.1) is 5.92 Å². The number of hydrogen-bond donors (Lipinski definition) is 1. The van der Waals surface area contributed by atoms with Gasteiger partial charge in [0.05, 0.1) is 25.2 Å². The zero-order valence-electron chi connectivity index (χ0n) is 21.1. The number of carbonyl (C=O) groups is 3. The first-order valence-electron chi connectivity index (χ1n) is 13.0. The Morgan fingerprint density at radius 2 is 1.72 bits per heavy atom. The van der Waals surface area contributed by atoms with E-state index in [0.29, 0.717) is 12.1 Å². The first-order chi connectivity index (χ1) is 17.4. The Bertz CT molecular complexity index is 1140. The summed E-state index contributed by atoms with van der Waals surface area (Å²) in [4.78, 5) is 43.6. The summed E-state index contributed by atoms with van der Waals surface area (Å²) in [6.07, 6.45) is 5.20. The SMILES string of the molecule is CN(C)C(=O)c1cccc(-c2ccc([C@H]3[C@H]4CN(C(=O)C5CCCCC5)CC(=O)N4[C@H]3CO)cc2)c1. The van der Waals surface area contributed by atoms with Crippen LogP contribution in [0.3, 0.4) is 0 Å². The molecule has 3 aliphatic rings.